The highest BCUT2D eigenvalue weighted by Crippen LogP contribution is 2.16. The van der Waals surface area contributed by atoms with E-state index >= 15 is 0 Å². The molecular weight excluding hydrogens is 245 g/mol. The van der Waals surface area contributed by atoms with Gasteiger partial charge in [-0.1, -0.05) is 0 Å². The van der Waals surface area contributed by atoms with E-state index in [1.165, 1.54) is 6.42 Å². The van der Waals surface area contributed by atoms with Crippen LogP contribution in [-0.4, -0.2) is 29.2 Å². The number of hydrogen-bond acceptors (Lipinski definition) is 4. The zero-order valence-corrected chi connectivity index (χ0v) is 10.2. The summed E-state index contributed by atoms with van der Waals surface area (Å²) in [6, 6.07) is 0. The van der Waals surface area contributed by atoms with E-state index in [-0.39, 0.29) is 17.2 Å². The molecule has 17 heavy (non-hydrogen) atoms. The van der Waals surface area contributed by atoms with E-state index in [1.54, 1.807) is 0 Å². The van der Waals surface area contributed by atoms with Crippen LogP contribution in [0.2, 0.25) is 5.28 Å². The van der Waals surface area contributed by atoms with Crippen molar-refractivity contribution in [3.05, 3.63) is 17.3 Å². The van der Waals surface area contributed by atoms with Gasteiger partial charge in [-0.25, -0.2) is 9.37 Å². The predicted molar refractivity (Wildman–Crippen MR) is 63.7 cm³/mol. The number of nitrogens with one attached hydrogen (secondary N) is 1. The summed E-state index contributed by atoms with van der Waals surface area (Å²) in [7, 11) is 0. The molecule has 1 aliphatic heterocycles. The second-order valence-corrected chi connectivity index (χ2v) is 4.38. The van der Waals surface area contributed by atoms with Crippen LogP contribution in [0.1, 0.15) is 25.7 Å². The quantitative estimate of drug-likeness (QED) is 0.845. The van der Waals surface area contributed by atoms with Gasteiger partial charge < -0.3 is 10.1 Å². The Morgan fingerprint density at radius 3 is 3.18 bits per heavy atom. The molecule has 2 rings (SSSR count). The maximum atomic E-state index is 13.3. The van der Waals surface area contributed by atoms with E-state index in [1.807, 2.05) is 0 Å². The van der Waals surface area contributed by atoms with E-state index in [0.717, 1.165) is 32.1 Å². The van der Waals surface area contributed by atoms with Crippen molar-refractivity contribution in [3.63, 3.8) is 0 Å². The fraction of sp³-hybridized carbons (Fsp3) is 0.636. The Hall–Kier alpha value is -0.940. The third-order valence-corrected chi connectivity index (χ3v) is 2.93. The van der Waals surface area contributed by atoms with Gasteiger partial charge in [0, 0.05) is 13.2 Å². The molecule has 0 bridgehead atoms. The van der Waals surface area contributed by atoms with Crippen molar-refractivity contribution in [2.75, 3.05) is 18.5 Å². The molecule has 4 nitrogen and oxygen atoms in total. The Morgan fingerprint density at radius 2 is 2.41 bits per heavy atom. The molecule has 0 aromatic carbocycles. The van der Waals surface area contributed by atoms with Crippen LogP contribution in [0, 0.1) is 5.82 Å². The number of anilines is 1. The number of halogens is 2. The molecule has 1 saturated heterocycles. The Bertz CT molecular complexity index is 372. The van der Waals surface area contributed by atoms with Gasteiger partial charge in [0.25, 0.3) is 0 Å². The third kappa shape index (κ3) is 3.78. The summed E-state index contributed by atoms with van der Waals surface area (Å²) in [5.74, 6) is -0.334. The van der Waals surface area contributed by atoms with Gasteiger partial charge in [0.1, 0.15) is 0 Å². The Balaban J connectivity index is 1.79. The van der Waals surface area contributed by atoms with Crippen molar-refractivity contribution in [2.24, 2.45) is 0 Å². The molecule has 6 heteroatoms. The van der Waals surface area contributed by atoms with Crippen molar-refractivity contribution in [1.29, 1.82) is 0 Å². The van der Waals surface area contributed by atoms with Gasteiger partial charge in [-0.15, -0.1) is 0 Å². The normalized spacial score (nSPS) is 20.2. The first-order valence-electron chi connectivity index (χ1n) is 5.79. The minimum Gasteiger partial charge on any atom is -0.378 e. The Kier molecular flexibility index (Phi) is 4.50. The molecule has 1 aromatic heterocycles. The number of aromatic nitrogens is 2. The lowest BCUT2D eigenvalue weighted by atomic mass is 10.1. The van der Waals surface area contributed by atoms with Crippen LogP contribution < -0.4 is 5.32 Å². The highest BCUT2D eigenvalue weighted by Gasteiger charge is 2.13. The van der Waals surface area contributed by atoms with E-state index in [9.17, 15) is 4.39 Å². The molecule has 0 aliphatic carbocycles. The van der Waals surface area contributed by atoms with E-state index in [2.05, 4.69) is 15.3 Å². The van der Waals surface area contributed by atoms with Crippen LogP contribution in [-0.2, 0) is 4.74 Å². The number of hydrogen-bond donors (Lipinski definition) is 1. The van der Waals surface area contributed by atoms with Crippen molar-refractivity contribution in [1.82, 2.24) is 9.97 Å². The summed E-state index contributed by atoms with van der Waals surface area (Å²) in [4.78, 5) is 7.33. The molecule has 0 amide bonds. The first-order valence-corrected chi connectivity index (χ1v) is 6.17. The Labute approximate surface area is 105 Å². The van der Waals surface area contributed by atoms with Crippen molar-refractivity contribution >= 4 is 17.4 Å². The monoisotopic (exact) mass is 259 g/mol. The molecule has 94 valence electrons. The zero-order valence-electron chi connectivity index (χ0n) is 9.46. The van der Waals surface area contributed by atoms with Crippen molar-refractivity contribution < 1.29 is 9.13 Å². The zero-order chi connectivity index (χ0) is 12.1. The second kappa shape index (κ2) is 6.12. The highest BCUT2D eigenvalue weighted by atomic mass is 35.5. The van der Waals surface area contributed by atoms with E-state index in [0.29, 0.717) is 6.54 Å². The molecule has 1 fully saturated rings. The van der Waals surface area contributed by atoms with Crippen molar-refractivity contribution in [2.45, 2.75) is 31.8 Å². The van der Waals surface area contributed by atoms with Crippen LogP contribution in [0.5, 0.6) is 0 Å². The van der Waals surface area contributed by atoms with Gasteiger partial charge in [0.05, 0.1) is 12.3 Å². The lowest BCUT2D eigenvalue weighted by molar-refractivity contribution is 0.0134. The summed E-state index contributed by atoms with van der Waals surface area (Å²) < 4.78 is 18.8. The van der Waals surface area contributed by atoms with Crippen LogP contribution in [0.25, 0.3) is 0 Å². The first-order chi connectivity index (χ1) is 8.25. The average molecular weight is 260 g/mol. The van der Waals surface area contributed by atoms with Gasteiger partial charge in [0.15, 0.2) is 11.6 Å². The van der Waals surface area contributed by atoms with Gasteiger partial charge in [-0.05, 0) is 37.3 Å². The molecule has 1 N–H and O–H groups in total. The highest BCUT2D eigenvalue weighted by molar-refractivity contribution is 6.28. The lowest BCUT2D eigenvalue weighted by Gasteiger charge is -2.22. The van der Waals surface area contributed by atoms with Crippen molar-refractivity contribution in [3.8, 4) is 0 Å². The SMILES string of the molecule is Fc1cnc(Cl)nc1NCCC1CCCCO1. The summed E-state index contributed by atoms with van der Waals surface area (Å²) in [6.07, 6.45) is 5.61. The summed E-state index contributed by atoms with van der Waals surface area (Å²) in [6.45, 7) is 1.45. The van der Waals surface area contributed by atoms with E-state index < -0.39 is 5.82 Å². The van der Waals surface area contributed by atoms with Crippen LogP contribution >= 0.6 is 11.6 Å². The molecule has 1 aromatic rings. The maximum absolute atomic E-state index is 13.3. The minimum absolute atomic E-state index is 0.0443. The van der Waals surface area contributed by atoms with Gasteiger partial charge in [-0.2, -0.15) is 4.98 Å². The summed E-state index contributed by atoms with van der Waals surface area (Å²) in [5, 5.41) is 2.95. The fourth-order valence-electron chi connectivity index (χ4n) is 1.86. The molecule has 2 heterocycles. The van der Waals surface area contributed by atoms with Crippen LogP contribution in [0.4, 0.5) is 10.2 Å². The van der Waals surface area contributed by atoms with Gasteiger partial charge in [0.2, 0.25) is 5.28 Å². The van der Waals surface area contributed by atoms with Crippen LogP contribution in [0.15, 0.2) is 6.20 Å². The minimum atomic E-state index is -0.487. The van der Waals surface area contributed by atoms with Gasteiger partial charge >= 0.3 is 0 Å². The largest absolute Gasteiger partial charge is 0.378 e. The standard InChI is InChI=1S/C11H15ClFN3O/c12-11-15-7-9(13)10(16-11)14-5-4-8-3-1-2-6-17-8/h7-8H,1-6H2,(H,14,15,16). The summed E-state index contributed by atoms with van der Waals surface area (Å²) >= 11 is 5.59. The third-order valence-electron chi connectivity index (χ3n) is 2.75. The smallest absolute Gasteiger partial charge is 0.224 e. The average Bonchev–Trinajstić information content (AvgIpc) is 2.35. The lowest BCUT2D eigenvalue weighted by Crippen LogP contribution is -2.22. The number of ether oxygens (including phenoxy) is 1. The molecule has 0 spiro atoms. The fourth-order valence-corrected chi connectivity index (χ4v) is 1.99. The first kappa shape index (κ1) is 12.5. The molecule has 0 radical (unpaired) electrons. The molecular formula is C11H15ClFN3O. The van der Waals surface area contributed by atoms with Gasteiger partial charge in [-0.3, -0.25) is 0 Å². The predicted octanol–water partition coefficient (Wildman–Crippen LogP) is 2.64. The topological polar surface area (TPSA) is 47.0 Å². The second-order valence-electron chi connectivity index (χ2n) is 4.04. The molecule has 1 aliphatic rings. The molecule has 1 unspecified atom stereocenters. The summed E-state index contributed by atoms with van der Waals surface area (Å²) in [5.41, 5.74) is 0. The Morgan fingerprint density at radius 1 is 1.53 bits per heavy atom. The molecule has 0 saturated carbocycles. The van der Waals surface area contributed by atoms with Crippen LogP contribution in [0.3, 0.4) is 0 Å². The van der Waals surface area contributed by atoms with E-state index in [4.69, 9.17) is 16.3 Å². The maximum Gasteiger partial charge on any atom is 0.224 e. The number of nitrogens with zero attached hydrogens (tertiary/aromatic N) is 2. The number of rotatable bonds is 4. The molecule has 1 atom stereocenters.